The maximum Gasteiger partial charge on any atom is 0.213 e. The number of sulfonamides is 1. The first-order valence-corrected chi connectivity index (χ1v) is 8.07. The van der Waals surface area contributed by atoms with Crippen molar-refractivity contribution in [3.05, 3.63) is 17.1 Å². The Labute approximate surface area is 106 Å². The third-order valence-corrected chi connectivity index (χ3v) is 5.21. The van der Waals surface area contributed by atoms with Gasteiger partial charge in [-0.05, 0) is 43.4 Å². The summed E-state index contributed by atoms with van der Waals surface area (Å²) >= 11 is 1.50. The molecule has 1 saturated heterocycles. The van der Waals surface area contributed by atoms with Crippen molar-refractivity contribution in [1.82, 2.24) is 9.27 Å². The number of aromatic nitrogens is 1. The van der Waals surface area contributed by atoms with Gasteiger partial charge in [-0.1, -0.05) is 0 Å². The van der Waals surface area contributed by atoms with Crippen molar-refractivity contribution in [1.29, 1.82) is 0 Å². The van der Waals surface area contributed by atoms with E-state index in [4.69, 9.17) is 5.14 Å². The van der Waals surface area contributed by atoms with E-state index in [0.717, 1.165) is 25.9 Å². The fourth-order valence-corrected chi connectivity index (χ4v) is 3.60. The highest BCUT2D eigenvalue weighted by atomic mass is 32.2. The lowest BCUT2D eigenvalue weighted by Gasteiger charge is -2.31. The average molecular weight is 275 g/mol. The molecule has 1 aromatic heterocycles. The normalized spacial score (nSPS) is 22.8. The number of primary sulfonamides is 1. The molecule has 0 radical (unpaired) electrons. The number of piperidine rings is 1. The van der Waals surface area contributed by atoms with Gasteiger partial charge < -0.3 is 4.90 Å². The lowest BCUT2D eigenvalue weighted by atomic mass is 10.1. The van der Waals surface area contributed by atoms with Crippen LogP contribution < -0.4 is 5.14 Å². The van der Waals surface area contributed by atoms with Crippen LogP contribution in [-0.2, 0) is 16.4 Å². The summed E-state index contributed by atoms with van der Waals surface area (Å²) in [6.45, 7) is 2.41. The van der Waals surface area contributed by atoms with Gasteiger partial charge in [-0.25, -0.2) is 17.9 Å². The summed E-state index contributed by atoms with van der Waals surface area (Å²) in [5.74, 6) is 0. The Morgan fingerprint density at radius 3 is 3.06 bits per heavy atom. The smallest absolute Gasteiger partial charge is 0.213 e. The minimum atomic E-state index is -3.38. The summed E-state index contributed by atoms with van der Waals surface area (Å²) in [4.78, 5) is 3.42. The Morgan fingerprint density at radius 1 is 1.59 bits per heavy atom. The molecular weight excluding hydrogens is 258 g/mol. The maximum atomic E-state index is 11.3. The first kappa shape index (κ1) is 12.9. The molecule has 2 heterocycles. The maximum absolute atomic E-state index is 11.3. The van der Waals surface area contributed by atoms with Gasteiger partial charge >= 0.3 is 0 Å². The van der Waals surface area contributed by atoms with Crippen molar-refractivity contribution < 1.29 is 8.42 Å². The SMILES string of the molecule is NS(=O)(=O)C1CCCN(CCc2ccns2)C1. The Morgan fingerprint density at radius 2 is 2.41 bits per heavy atom. The number of hydrogen-bond acceptors (Lipinski definition) is 5. The molecule has 0 amide bonds. The molecule has 0 bridgehead atoms. The third-order valence-electron chi connectivity index (χ3n) is 3.09. The van der Waals surface area contributed by atoms with Crippen LogP contribution in [-0.4, -0.2) is 42.6 Å². The zero-order valence-corrected chi connectivity index (χ0v) is 11.2. The minimum Gasteiger partial charge on any atom is -0.302 e. The van der Waals surface area contributed by atoms with Gasteiger partial charge in [0.1, 0.15) is 0 Å². The average Bonchev–Trinajstić information content (AvgIpc) is 2.78. The zero-order chi connectivity index (χ0) is 12.3. The van der Waals surface area contributed by atoms with Crippen LogP contribution in [0.4, 0.5) is 0 Å². The molecule has 0 aromatic carbocycles. The first-order chi connectivity index (χ1) is 8.05. The quantitative estimate of drug-likeness (QED) is 0.865. The van der Waals surface area contributed by atoms with E-state index in [0.29, 0.717) is 13.0 Å². The van der Waals surface area contributed by atoms with Crippen molar-refractivity contribution >= 4 is 21.6 Å². The van der Waals surface area contributed by atoms with Crippen LogP contribution >= 0.6 is 11.5 Å². The molecule has 1 atom stereocenters. The van der Waals surface area contributed by atoms with E-state index >= 15 is 0 Å². The van der Waals surface area contributed by atoms with Crippen molar-refractivity contribution in [3.63, 3.8) is 0 Å². The Bertz CT molecular complexity index is 444. The van der Waals surface area contributed by atoms with E-state index in [2.05, 4.69) is 9.27 Å². The highest BCUT2D eigenvalue weighted by molar-refractivity contribution is 7.89. The molecule has 7 heteroatoms. The van der Waals surface area contributed by atoms with Crippen LogP contribution in [0.3, 0.4) is 0 Å². The number of rotatable bonds is 4. The van der Waals surface area contributed by atoms with Gasteiger partial charge in [0.15, 0.2) is 0 Å². The van der Waals surface area contributed by atoms with Crippen LogP contribution in [0, 0.1) is 0 Å². The number of nitrogens with zero attached hydrogens (tertiary/aromatic N) is 2. The Balaban J connectivity index is 1.85. The fourth-order valence-electron chi connectivity index (χ4n) is 2.12. The number of likely N-dealkylation sites (tertiary alicyclic amines) is 1. The van der Waals surface area contributed by atoms with Gasteiger partial charge in [0.2, 0.25) is 10.0 Å². The molecule has 1 aliphatic heterocycles. The summed E-state index contributed by atoms with van der Waals surface area (Å²) in [5, 5.41) is 4.81. The second-order valence-electron chi connectivity index (χ2n) is 4.38. The van der Waals surface area contributed by atoms with Gasteiger partial charge in [-0.3, -0.25) is 0 Å². The van der Waals surface area contributed by atoms with Crippen molar-refractivity contribution in [2.75, 3.05) is 19.6 Å². The largest absolute Gasteiger partial charge is 0.302 e. The number of nitrogens with two attached hydrogens (primary N) is 1. The summed E-state index contributed by atoms with van der Waals surface area (Å²) in [5.41, 5.74) is 0. The predicted octanol–water partition coefficient (Wildman–Crippen LogP) is 0.439. The molecule has 0 saturated carbocycles. The lowest BCUT2D eigenvalue weighted by molar-refractivity contribution is 0.233. The molecular formula is C10H17N3O2S2. The summed E-state index contributed by atoms with van der Waals surface area (Å²) in [6.07, 6.45) is 4.32. The Hall–Kier alpha value is -0.500. The summed E-state index contributed by atoms with van der Waals surface area (Å²) in [7, 11) is -3.38. The van der Waals surface area contributed by atoms with Gasteiger partial charge in [0.05, 0.1) is 5.25 Å². The fraction of sp³-hybridized carbons (Fsp3) is 0.700. The van der Waals surface area contributed by atoms with E-state index in [1.54, 1.807) is 6.20 Å². The van der Waals surface area contributed by atoms with Crippen molar-refractivity contribution in [2.45, 2.75) is 24.5 Å². The lowest BCUT2D eigenvalue weighted by Crippen LogP contribution is -2.45. The van der Waals surface area contributed by atoms with Crippen LogP contribution in [0.5, 0.6) is 0 Å². The van der Waals surface area contributed by atoms with E-state index in [9.17, 15) is 8.42 Å². The van der Waals surface area contributed by atoms with Gasteiger partial charge in [-0.2, -0.15) is 0 Å². The van der Waals surface area contributed by atoms with Crippen molar-refractivity contribution in [2.24, 2.45) is 5.14 Å². The van der Waals surface area contributed by atoms with Gasteiger partial charge in [-0.15, -0.1) is 0 Å². The molecule has 1 unspecified atom stereocenters. The van der Waals surface area contributed by atoms with Crippen LogP contribution in [0.1, 0.15) is 17.7 Å². The summed E-state index contributed by atoms with van der Waals surface area (Å²) < 4.78 is 26.7. The molecule has 5 nitrogen and oxygen atoms in total. The Kier molecular flexibility index (Phi) is 4.13. The second-order valence-corrected chi connectivity index (χ2v) is 7.15. The topological polar surface area (TPSA) is 76.3 Å². The van der Waals surface area contributed by atoms with E-state index < -0.39 is 15.3 Å². The number of hydrogen-bond donors (Lipinski definition) is 1. The molecule has 2 rings (SSSR count). The molecule has 0 spiro atoms. The highest BCUT2D eigenvalue weighted by Gasteiger charge is 2.27. The van der Waals surface area contributed by atoms with Crippen LogP contribution in [0.15, 0.2) is 12.3 Å². The molecule has 1 aliphatic rings. The second kappa shape index (κ2) is 5.43. The van der Waals surface area contributed by atoms with E-state index in [-0.39, 0.29) is 0 Å². The van der Waals surface area contributed by atoms with Gasteiger partial charge in [0, 0.05) is 24.2 Å². The molecule has 0 aliphatic carbocycles. The third kappa shape index (κ3) is 3.74. The molecule has 1 fully saturated rings. The zero-order valence-electron chi connectivity index (χ0n) is 9.58. The van der Waals surface area contributed by atoms with Gasteiger partial charge in [0.25, 0.3) is 0 Å². The van der Waals surface area contributed by atoms with E-state index in [1.165, 1.54) is 16.4 Å². The predicted molar refractivity (Wildman–Crippen MR) is 68.4 cm³/mol. The first-order valence-electron chi connectivity index (χ1n) is 5.69. The monoisotopic (exact) mass is 275 g/mol. The molecule has 96 valence electrons. The van der Waals surface area contributed by atoms with Crippen molar-refractivity contribution in [3.8, 4) is 0 Å². The standard InChI is InChI=1S/C10H17N3O2S2/c11-17(14,15)10-2-1-6-13(8-10)7-4-9-3-5-12-16-9/h3,5,10H,1-2,4,6-8H2,(H2,11,14,15). The summed E-state index contributed by atoms with van der Waals surface area (Å²) in [6, 6.07) is 2.01. The molecule has 2 N–H and O–H groups in total. The van der Waals surface area contributed by atoms with Crippen LogP contribution in [0.2, 0.25) is 0 Å². The molecule has 17 heavy (non-hydrogen) atoms. The minimum absolute atomic E-state index is 0.391. The highest BCUT2D eigenvalue weighted by Crippen LogP contribution is 2.16. The van der Waals surface area contributed by atoms with E-state index in [1.807, 2.05) is 6.07 Å². The molecule has 1 aromatic rings. The van der Waals surface area contributed by atoms with Crippen LogP contribution in [0.25, 0.3) is 0 Å².